The number of aromatic nitrogens is 2. The van der Waals surface area contributed by atoms with Crippen LogP contribution >= 0.6 is 0 Å². The number of rotatable bonds is 2. The lowest BCUT2D eigenvalue weighted by molar-refractivity contribution is -0.137. The van der Waals surface area contributed by atoms with Crippen molar-refractivity contribution in [3.8, 4) is 0 Å². The van der Waals surface area contributed by atoms with E-state index in [0.29, 0.717) is 0 Å². The van der Waals surface area contributed by atoms with Gasteiger partial charge in [-0.2, -0.15) is 13.2 Å². The number of anilines is 1. The summed E-state index contributed by atoms with van der Waals surface area (Å²) in [5.41, 5.74) is -2.34. The summed E-state index contributed by atoms with van der Waals surface area (Å²) in [4.78, 5) is 40.7. The van der Waals surface area contributed by atoms with Crippen LogP contribution in [0.5, 0.6) is 0 Å². The molecule has 0 radical (unpaired) electrons. The quantitative estimate of drug-likeness (QED) is 0.691. The molecule has 1 atom stereocenters. The number of ether oxygens (including phenoxy) is 1. The van der Waals surface area contributed by atoms with Crippen molar-refractivity contribution in [3.63, 3.8) is 0 Å². The Labute approximate surface area is 149 Å². The van der Waals surface area contributed by atoms with Gasteiger partial charge in [0, 0.05) is 5.70 Å². The lowest BCUT2D eigenvalue weighted by Crippen LogP contribution is -2.34. The SMILES string of the molecule is COC(=O)C1=C(C)Nc2[nH]c(=O)[nH]c(=O)c2[C@@H]1c1cccc(C(F)(F)F)c1. The van der Waals surface area contributed by atoms with Crippen LogP contribution in [0.4, 0.5) is 19.0 Å². The number of nitrogens with one attached hydrogen (secondary N) is 3. The first-order valence-electron chi connectivity index (χ1n) is 7.73. The van der Waals surface area contributed by atoms with Crippen molar-refractivity contribution in [2.45, 2.75) is 19.0 Å². The van der Waals surface area contributed by atoms with Crippen molar-refractivity contribution in [1.29, 1.82) is 0 Å². The highest BCUT2D eigenvalue weighted by Crippen LogP contribution is 2.40. The number of esters is 1. The summed E-state index contributed by atoms with van der Waals surface area (Å²) in [7, 11) is 1.12. The highest BCUT2D eigenvalue weighted by atomic mass is 19.4. The number of hydrogen-bond donors (Lipinski definition) is 3. The third-order valence-corrected chi connectivity index (χ3v) is 4.23. The van der Waals surface area contributed by atoms with Gasteiger partial charge in [-0.3, -0.25) is 14.8 Å². The molecule has 3 N–H and O–H groups in total. The van der Waals surface area contributed by atoms with Gasteiger partial charge in [0.25, 0.3) is 5.56 Å². The van der Waals surface area contributed by atoms with Gasteiger partial charge in [0.1, 0.15) is 5.82 Å². The Morgan fingerprint density at radius 2 is 1.89 bits per heavy atom. The smallest absolute Gasteiger partial charge is 0.416 e. The summed E-state index contributed by atoms with van der Waals surface area (Å²) in [5.74, 6) is -1.95. The number of allylic oxidation sites excluding steroid dienone is 1. The summed E-state index contributed by atoms with van der Waals surface area (Å²) >= 11 is 0. The van der Waals surface area contributed by atoms with Crippen molar-refractivity contribution < 1.29 is 22.7 Å². The number of alkyl halides is 3. The van der Waals surface area contributed by atoms with E-state index in [1.54, 1.807) is 0 Å². The summed E-state index contributed by atoms with van der Waals surface area (Å²) in [6.45, 7) is 1.50. The van der Waals surface area contributed by atoms with E-state index in [4.69, 9.17) is 4.74 Å². The minimum Gasteiger partial charge on any atom is -0.466 e. The molecule has 10 heteroatoms. The first-order valence-corrected chi connectivity index (χ1v) is 7.73. The normalized spacial score (nSPS) is 16.6. The van der Waals surface area contributed by atoms with Crippen molar-refractivity contribution in [3.05, 3.63) is 73.1 Å². The van der Waals surface area contributed by atoms with Gasteiger partial charge in [-0.15, -0.1) is 0 Å². The molecule has 0 saturated heterocycles. The van der Waals surface area contributed by atoms with Gasteiger partial charge < -0.3 is 10.1 Å². The molecule has 0 bridgehead atoms. The third kappa shape index (κ3) is 3.25. The van der Waals surface area contributed by atoms with Crippen LogP contribution in [-0.4, -0.2) is 23.0 Å². The Balaban J connectivity index is 2.32. The number of carbonyl (C=O) groups excluding carboxylic acids is 1. The van der Waals surface area contributed by atoms with Crippen LogP contribution in [0.25, 0.3) is 0 Å². The molecule has 0 unspecified atom stereocenters. The van der Waals surface area contributed by atoms with Crippen molar-refractivity contribution in [1.82, 2.24) is 9.97 Å². The first kappa shape index (κ1) is 18.5. The molecule has 0 spiro atoms. The average Bonchev–Trinajstić information content (AvgIpc) is 2.59. The number of benzene rings is 1. The number of hydrogen-bond acceptors (Lipinski definition) is 5. The molecule has 27 heavy (non-hydrogen) atoms. The van der Waals surface area contributed by atoms with Gasteiger partial charge in [-0.25, -0.2) is 9.59 Å². The second kappa shape index (κ2) is 6.45. The molecular weight excluding hydrogens is 367 g/mol. The molecule has 142 valence electrons. The van der Waals surface area contributed by atoms with Gasteiger partial charge in [0.05, 0.1) is 29.7 Å². The van der Waals surface area contributed by atoms with Crippen molar-refractivity contribution in [2.75, 3.05) is 12.4 Å². The van der Waals surface area contributed by atoms with Crippen LogP contribution in [0, 0.1) is 0 Å². The molecule has 0 fully saturated rings. The second-order valence-corrected chi connectivity index (χ2v) is 5.91. The zero-order valence-electron chi connectivity index (χ0n) is 14.2. The van der Waals surface area contributed by atoms with E-state index in [-0.39, 0.29) is 28.2 Å². The number of aromatic amines is 2. The fraction of sp³-hybridized carbons (Fsp3) is 0.235. The number of carbonyl (C=O) groups is 1. The molecule has 1 aliphatic rings. The predicted octanol–water partition coefficient (Wildman–Crippen LogP) is 2.09. The maximum atomic E-state index is 13.1. The topological polar surface area (TPSA) is 104 Å². The lowest BCUT2D eigenvalue weighted by atomic mass is 9.82. The molecule has 0 amide bonds. The Hall–Kier alpha value is -3.30. The summed E-state index contributed by atoms with van der Waals surface area (Å²) in [6.07, 6.45) is -4.60. The van der Waals surface area contributed by atoms with E-state index in [9.17, 15) is 27.6 Å². The van der Waals surface area contributed by atoms with Crippen molar-refractivity contribution >= 4 is 11.8 Å². The van der Waals surface area contributed by atoms with E-state index >= 15 is 0 Å². The minimum absolute atomic E-state index is 0.0105. The van der Waals surface area contributed by atoms with E-state index in [2.05, 4.69) is 10.3 Å². The van der Waals surface area contributed by atoms with Gasteiger partial charge in [0.2, 0.25) is 0 Å². The van der Waals surface area contributed by atoms with E-state index in [1.165, 1.54) is 19.1 Å². The zero-order valence-corrected chi connectivity index (χ0v) is 14.2. The van der Waals surface area contributed by atoms with E-state index < -0.39 is 34.9 Å². The van der Waals surface area contributed by atoms with Gasteiger partial charge in [-0.1, -0.05) is 18.2 Å². The first-order chi connectivity index (χ1) is 12.6. The third-order valence-electron chi connectivity index (χ3n) is 4.23. The minimum atomic E-state index is -4.60. The highest BCUT2D eigenvalue weighted by Gasteiger charge is 2.37. The maximum Gasteiger partial charge on any atom is 0.416 e. The number of fused-ring (bicyclic) bond motifs is 1. The molecule has 0 aliphatic carbocycles. The Bertz CT molecular complexity index is 1070. The predicted molar refractivity (Wildman–Crippen MR) is 89.3 cm³/mol. The monoisotopic (exact) mass is 381 g/mol. The van der Waals surface area contributed by atoms with E-state index in [0.717, 1.165) is 19.2 Å². The number of halogens is 3. The Morgan fingerprint density at radius 1 is 1.19 bits per heavy atom. The number of H-pyrrole nitrogens is 2. The zero-order chi connectivity index (χ0) is 19.9. The maximum absolute atomic E-state index is 13.1. The molecule has 3 rings (SSSR count). The van der Waals surface area contributed by atoms with Gasteiger partial charge >= 0.3 is 17.8 Å². The van der Waals surface area contributed by atoms with Crippen LogP contribution < -0.4 is 16.6 Å². The molecule has 2 aromatic rings. The highest BCUT2D eigenvalue weighted by molar-refractivity contribution is 5.94. The number of methoxy groups -OCH3 is 1. The van der Waals surface area contributed by atoms with Crippen LogP contribution in [0.2, 0.25) is 0 Å². The summed E-state index contributed by atoms with van der Waals surface area (Å²) < 4.78 is 44.1. The van der Waals surface area contributed by atoms with E-state index in [1.807, 2.05) is 4.98 Å². The molecule has 7 nitrogen and oxygen atoms in total. The standard InChI is InChI=1S/C17H14F3N3O4/c1-7-10(15(25)27-2)11(8-4-3-5-9(6-8)17(18,19)20)12-13(21-7)22-16(26)23-14(12)24/h3-6,11H,1-2H3,(H3,21,22,23,24,26)/t11-/m1/s1. The van der Waals surface area contributed by atoms with Crippen LogP contribution in [0.1, 0.15) is 29.5 Å². The summed E-state index contributed by atoms with van der Waals surface area (Å²) in [5, 5.41) is 2.73. The summed E-state index contributed by atoms with van der Waals surface area (Å²) in [6, 6.07) is 4.30. The van der Waals surface area contributed by atoms with Crippen LogP contribution in [-0.2, 0) is 15.7 Å². The second-order valence-electron chi connectivity index (χ2n) is 5.91. The molecular formula is C17H14F3N3O4. The van der Waals surface area contributed by atoms with Crippen LogP contribution in [0.15, 0.2) is 45.1 Å². The molecule has 0 saturated carbocycles. The fourth-order valence-corrected chi connectivity index (χ4v) is 3.09. The van der Waals surface area contributed by atoms with Crippen LogP contribution in [0.3, 0.4) is 0 Å². The largest absolute Gasteiger partial charge is 0.466 e. The average molecular weight is 381 g/mol. The molecule has 1 aromatic heterocycles. The molecule has 2 heterocycles. The fourth-order valence-electron chi connectivity index (χ4n) is 3.09. The lowest BCUT2D eigenvalue weighted by Gasteiger charge is -2.28. The van der Waals surface area contributed by atoms with Gasteiger partial charge in [-0.05, 0) is 18.6 Å². The van der Waals surface area contributed by atoms with Gasteiger partial charge in [0.15, 0.2) is 0 Å². The molecule has 1 aliphatic heterocycles. The Morgan fingerprint density at radius 3 is 2.52 bits per heavy atom. The molecule has 1 aromatic carbocycles. The Kier molecular flexibility index (Phi) is 4.42. The van der Waals surface area contributed by atoms with Crippen molar-refractivity contribution in [2.24, 2.45) is 0 Å².